The number of nitrogens with zero attached hydrogens (tertiary/aromatic N) is 3. The van der Waals surface area contributed by atoms with Gasteiger partial charge in [0.15, 0.2) is 0 Å². The van der Waals surface area contributed by atoms with Crippen molar-refractivity contribution < 1.29 is 14.3 Å². The van der Waals surface area contributed by atoms with E-state index in [4.69, 9.17) is 9.47 Å². The predicted octanol–water partition coefficient (Wildman–Crippen LogP) is 2.78. The fourth-order valence-electron chi connectivity index (χ4n) is 3.74. The second-order valence-corrected chi connectivity index (χ2v) is 7.03. The van der Waals surface area contributed by atoms with Crippen LogP contribution in [0.15, 0.2) is 60.8 Å². The number of carbonyl (C=O) groups excluding carboxylic acids is 1. The molecule has 1 aliphatic rings. The predicted molar refractivity (Wildman–Crippen MR) is 118 cm³/mol. The van der Waals surface area contributed by atoms with Crippen molar-refractivity contribution in [3.8, 4) is 11.5 Å². The van der Waals surface area contributed by atoms with E-state index >= 15 is 0 Å². The largest absolute Gasteiger partial charge is 0.496 e. The van der Waals surface area contributed by atoms with E-state index in [1.54, 1.807) is 20.4 Å². The van der Waals surface area contributed by atoms with Crippen LogP contribution in [0.5, 0.6) is 11.5 Å². The zero-order valence-corrected chi connectivity index (χ0v) is 17.5. The molecule has 2 heterocycles. The van der Waals surface area contributed by atoms with Gasteiger partial charge in [-0.15, -0.1) is 0 Å². The lowest BCUT2D eigenvalue weighted by Gasteiger charge is -2.36. The monoisotopic (exact) mass is 419 g/mol. The molecule has 0 aliphatic carbocycles. The Labute approximate surface area is 181 Å². The number of nitrogens with one attached hydrogen (secondary N) is 2. The van der Waals surface area contributed by atoms with Crippen LogP contribution in [0.1, 0.15) is 17.2 Å². The van der Waals surface area contributed by atoms with Gasteiger partial charge in [0, 0.05) is 19.3 Å². The summed E-state index contributed by atoms with van der Waals surface area (Å²) in [5.41, 5.74) is 1.80. The minimum absolute atomic E-state index is 0.0377. The Hall–Kier alpha value is -3.81. The van der Waals surface area contributed by atoms with Crippen LogP contribution in [0.25, 0.3) is 0 Å². The average Bonchev–Trinajstić information content (AvgIpc) is 2.83. The summed E-state index contributed by atoms with van der Waals surface area (Å²) in [4.78, 5) is 23.7. The number of ether oxygens (including phenoxy) is 2. The van der Waals surface area contributed by atoms with E-state index in [9.17, 15) is 4.79 Å². The minimum atomic E-state index is -0.438. The van der Waals surface area contributed by atoms with Crippen molar-refractivity contribution in [1.29, 1.82) is 0 Å². The molecule has 1 amide bonds. The van der Waals surface area contributed by atoms with E-state index in [1.807, 2.05) is 59.5 Å². The molecule has 3 aromatic rings. The molecule has 1 aliphatic heterocycles. The second-order valence-electron chi connectivity index (χ2n) is 7.03. The van der Waals surface area contributed by atoms with Gasteiger partial charge in [0.1, 0.15) is 23.4 Å². The van der Waals surface area contributed by atoms with Crippen LogP contribution in [0.3, 0.4) is 0 Å². The van der Waals surface area contributed by atoms with Gasteiger partial charge < -0.3 is 25.0 Å². The highest BCUT2D eigenvalue weighted by atomic mass is 16.5. The summed E-state index contributed by atoms with van der Waals surface area (Å²) in [5, 5.41) is 6.20. The van der Waals surface area contributed by atoms with Gasteiger partial charge in [0.2, 0.25) is 11.9 Å². The summed E-state index contributed by atoms with van der Waals surface area (Å²) < 4.78 is 10.9. The zero-order valence-electron chi connectivity index (χ0n) is 17.5. The number of anilines is 2. The van der Waals surface area contributed by atoms with Crippen LogP contribution in [-0.4, -0.2) is 43.2 Å². The van der Waals surface area contributed by atoms with Crippen molar-refractivity contribution in [3.05, 3.63) is 71.9 Å². The van der Waals surface area contributed by atoms with Crippen LogP contribution in [-0.2, 0) is 11.3 Å². The van der Waals surface area contributed by atoms with Gasteiger partial charge >= 0.3 is 0 Å². The molecule has 4 rings (SSSR count). The highest BCUT2D eigenvalue weighted by molar-refractivity contribution is 5.87. The standard InChI is InChI=1S/C23H25N5O3/c1-30-18-9-6-10-19(31-2)17(18)15-26-23-25-12-11-20(27-23)28-14-13-24-22(29)21(28)16-7-4-3-5-8-16/h3-12,21H,13-15H2,1-2H3,(H,24,29)(H,25,26,27). The van der Waals surface area contributed by atoms with E-state index in [0.717, 1.165) is 22.6 Å². The Bertz CT molecular complexity index is 1020. The van der Waals surface area contributed by atoms with Gasteiger partial charge in [-0.25, -0.2) is 4.98 Å². The fraction of sp³-hybridized carbons (Fsp3) is 0.261. The molecular formula is C23H25N5O3. The molecule has 2 N–H and O–H groups in total. The van der Waals surface area contributed by atoms with E-state index < -0.39 is 6.04 Å². The molecule has 8 heteroatoms. The van der Waals surface area contributed by atoms with Crippen molar-refractivity contribution in [2.45, 2.75) is 12.6 Å². The van der Waals surface area contributed by atoms with Crippen molar-refractivity contribution in [2.24, 2.45) is 0 Å². The Kier molecular flexibility index (Phi) is 6.16. The highest BCUT2D eigenvalue weighted by Crippen LogP contribution is 2.30. The van der Waals surface area contributed by atoms with E-state index in [-0.39, 0.29) is 5.91 Å². The molecule has 0 radical (unpaired) electrons. The second kappa shape index (κ2) is 9.34. The summed E-state index contributed by atoms with van der Waals surface area (Å²) in [5.74, 6) is 2.56. The van der Waals surface area contributed by atoms with Crippen LogP contribution in [0, 0.1) is 0 Å². The molecule has 1 fully saturated rings. The molecule has 31 heavy (non-hydrogen) atoms. The van der Waals surface area contributed by atoms with E-state index in [2.05, 4.69) is 20.6 Å². The van der Waals surface area contributed by atoms with Gasteiger partial charge in [-0.2, -0.15) is 4.98 Å². The quantitative estimate of drug-likeness (QED) is 0.609. The third kappa shape index (κ3) is 4.37. The minimum Gasteiger partial charge on any atom is -0.496 e. The average molecular weight is 419 g/mol. The number of hydrogen-bond donors (Lipinski definition) is 2. The maximum Gasteiger partial charge on any atom is 0.247 e. The lowest BCUT2D eigenvalue weighted by atomic mass is 10.0. The number of piperazine rings is 1. The van der Waals surface area contributed by atoms with Gasteiger partial charge in [-0.05, 0) is 23.8 Å². The fourth-order valence-corrected chi connectivity index (χ4v) is 3.74. The lowest BCUT2D eigenvalue weighted by molar-refractivity contribution is -0.123. The normalized spacial score (nSPS) is 15.9. The molecule has 1 unspecified atom stereocenters. The van der Waals surface area contributed by atoms with Gasteiger partial charge in [-0.1, -0.05) is 36.4 Å². The Balaban J connectivity index is 1.58. The Morgan fingerprint density at radius 2 is 1.81 bits per heavy atom. The molecular weight excluding hydrogens is 394 g/mol. The smallest absolute Gasteiger partial charge is 0.247 e. The summed E-state index contributed by atoms with van der Waals surface area (Å²) in [6.45, 7) is 1.65. The van der Waals surface area contributed by atoms with E-state index in [1.165, 1.54) is 0 Å². The maximum atomic E-state index is 12.7. The first-order chi connectivity index (χ1) is 15.2. The summed E-state index contributed by atoms with van der Waals surface area (Å²) in [6.07, 6.45) is 1.69. The highest BCUT2D eigenvalue weighted by Gasteiger charge is 2.32. The SMILES string of the molecule is COc1cccc(OC)c1CNc1nccc(N2CCNC(=O)C2c2ccccc2)n1. The molecule has 8 nitrogen and oxygen atoms in total. The molecule has 1 aromatic heterocycles. The van der Waals surface area contributed by atoms with Crippen LogP contribution < -0.4 is 25.0 Å². The lowest BCUT2D eigenvalue weighted by Crippen LogP contribution is -2.50. The summed E-state index contributed by atoms with van der Waals surface area (Å²) >= 11 is 0. The topological polar surface area (TPSA) is 88.6 Å². The van der Waals surface area contributed by atoms with Crippen LogP contribution in [0.4, 0.5) is 11.8 Å². The number of aromatic nitrogens is 2. The number of methoxy groups -OCH3 is 2. The number of hydrogen-bond acceptors (Lipinski definition) is 7. The first-order valence-electron chi connectivity index (χ1n) is 10.1. The van der Waals surface area contributed by atoms with Gasteiger partial charge in [0.05, 0.1) is 26.3 Å². The van der Waals surface area contributed by atoms with Crippen LogP contribution in [0.2, 0.25) is 0 Å². The molecule has 0 spiro atoms. The van der Waals surface area contributed by atoms with Crippen LogP contribution >= 0.6 is 0 Å². The zero-order chi connectivity index (χ0) is 21.6. The molecule has 0 saturated carbocycles. The number of benzene rings is 2. The Morgan fingerprint density at radius 1 is 1.06 bits per heavy atom. The number of carbonyl (C=O) groups is 1. The molecule has 160 valence electrons. The van der Waals surface area contributed by atoms with E-state index in [0.29, 0.717) is 31.4 Å². The third-order valence-electron chi connectivity index (χ3n) is 5.22. The van der Waals surface area contributed by atoms with Crippen molar-refractivity contribution in [3.63, 3.8) is 0 Å². The molecule has 1 atom stereocenters. The maximum absolute atomic E-state index is 12.7. The molecule has 1 saturated heterocycles. The summed E-state index contributed by atoms with van der Waals surface area (Å²) in [7, 11) is 3.25. The molecule has 0 bridgehead atoms. The third-order valence-corrected chi connectivity index (χ3v) is 5.22. The van der Waals surface area contributed by atoms with Crippen molar-refractivity contribution in [2.75, 3.05) is 37.5 Å². The first kappa shape index (κ1) is 20.5. The van der Waals surface area contributed by atoms with Crippen molar-refractivity contribution >= 4 is 17.7 Å². The number of rotatable bonds is 7. The molecule has 2 aromatic carbocycles. The van der Waals surface area contributed by atoms with Crippen molar-refractivity contribution in [1.82, 2.24) is 15.3 Å². The van der Waals surface area contributed by atoms with Gasteiger partial charge in [-0.3, -0.25) is 4.79 Å². The number of amides is 1. The first-order valence-corrected chi connectivity index (χ1v) is 10.1. The van der Waals surface area contributed by atoms with Gasteiger partial charge in [0.25, 0.3) is 0 Å². The summed E-state index contributed by atoms with van der Waals surface area (Å²) in [6, 6.07) is 16.7. The Morgan fingerprint density at radius 3 is 2.52 bits per heavy atom.